The SMILES string of the molecule is Cc1ccc(S(=O)(=O)NCCc2cnc(-c3ccccc3)nc2)cc1C. The minimum atomic E-state index is -3.51. The van der Waals surface area contributed by atoms with E-state index in [1.165, 1.54) is 0 Å². The van der Waals surface area contributed by atoms with Gasteiger partial charge in [0.25, 0.3) is 0 Å². The fourth-order valence-corrected chi connectivity index (χ4v) is 3.63. The Balaban J connectivity index is 1.61. The van der Waals surface area contributed by atoms with Crippen LogP contribution < -0.4 is 4.72 Å². The van der Waals surface area contributed by atoms with Crippen molar-refractivity contribution in [1.82, 2.24) is 14.7 Å². The van der Waals surface area contributed by atoms with Crippen molar-refractivity contribution in [3.63, 3.8) is 0 Å². The van der Waals surface area contributed by atoms with Gasteiger partial charge in [-0.05, 0) is 49.1 Å². The van der Waals surface area contributed by atoms with Gasteiger partial charge in [-0.15, -0.1) is 0 Å². The van der Waals surface area contributed by atoms with Crippen molar-refractivity contribution in [3.8, 4) is 11.4 Å². The molecule has 1 N–H and O–H groups in total. The van der Waals surface area contributed by atoms with E-state index in [1.54, 1.807) is 24.5 Å². The molecule has 134 valence electrons. The van der Waals surface area contributed by atoms with E-state index < -0.39 is 10.0 Å². The van der Waals surface area contributed by atoms with E-state index >= 15 is 0 Å². The van der Waals surface area contributed by atoms with Gasteiger partial charge in [-0.25, -0.2) is 23.1 Å². The van der Waals surface area contributed by atoms with Gasteiger partial charge >= 0.3 is 0 Å². The molecular formula is C20H21N3O2S. The molecule has 0 aliphatic carbocycles. The van der Waals surface area contributed by atoms with Crippen LogP contribution in [0.4, 0.5) is 0 Å². The van der Waals surface area contributed by atoms with Crippen molar-refractivity contribution in [2.75, 3.05) is 6.54 Å². The summed E-state index contributed by atoms with van der Waals surface area (Å²) in [7, 11) is -3.51. The molecule has 0 bridgehead atoms. The molecule has 2 aromatic carbocycles. The largest absolute Gasteiger partial charge is 0.240 e. The summed E-state index contributed by atoms with van der Waals surface area (Å²) in [4.78, 5) is 9.00. The molecule has 3 aromatic rings. The summed E-state index contributed by atoms with van der Waals surface area (Å²) in [6.45, 7) is 4.15. The number of sulfonamides is 1. The van der Waals surface area contributed by atoms with Crippen molar-refractivity contribution >= 4 is 10.0 Å². The van der Waals surface area contributed by atoms with E-state index in [-0.39, 0.29) is 4.90 Å². The lowest BCUT2D eigenvalue weighted by Gasteiger charge is -2.09. The van der Waals surface area contributed by atoms with Crippen LogP contribution in [0.3, 0.4) is 0 Å². The van der Waals surface area contributed by atoms with Crippen LogP contribution in [0.25, 0.3) is 11.4 Å². The van der Waals surface area contributed by atoms with Crippen molar-refractivity contribution < 1.29 is 8.42 Å². The highest BCUT2D eigenvalue weighted by molar-refractivity contribution is 7.89. The predicted octanol–water partition coefficient (Wildman–Crippen LogP) is 3.28. The number of aryl methyl sites for hydroxylation is 2. The minimum absolute atomic E-state index is 0.288. The molecule has 0 atom stereocenters. The van der Waals surface area contributed by atoms with Gasteiger partial charge in [0.05, 0.1) is 4.90 Å². The Bertz CT molecular complexity index is 985. The molecule has 0 aliphatic heterocycles. The van der Waals surface area contributed by atoms with Crippen LogP contribution in [0.1, 0.15) is 16.7 Å². The summed E-state index contributed by atoms with van der Waals surface area (Å²) in [6.07, 6.45) is 4.00. The Hall–Kier alpha value is -2.57. The summed E-state index contributed by atoms with van der Waals surface area (Å²) >= 11 is 0. The van der Waals surface area contributed by atoms with Gasteiger partial charge in [-0.1, -0.05) is 36.4 Å². The molecule has 0 fully saturated rings. The lowest BCUT2D eigenvalue weighted by atomic mass is 10.1. The molecule has 26 heavy (non-hydrogen) atoms. The van der Waals surface area contributed by atoms with E-state index in [2.05, 4.69) is 14.7 Å². The molecule has 0 amide bonds. The molecule has 5 nitrogen and oxygen atoms in total. The van der Waals surface area contributed by atoms with Crippen LogP contribution >= 0.6 is 0 Å². The van der Waals surface area contributed by atoms with Gasteiger partial charge in [0, 0.05) is 24.5 Å². The number of hydrogen-bond donors (Lipinski definition) is 1. The lowest BCUT2D eigenvalue weighted by Crippen LogP contribution is -2.26. The molecule has 0 saturated carbocycles. The maximum Gasteiger partial charge on any atom is 0.240 e. The molecule has 0 unspecified atom stereocenters. The summed E-state index contributed by atoms with van der Waals surface area (Å²) in [5, 5.41) is 0. The minimum Gasteiger partial charge on any atom is -0.236 e. The van der Waals surface area contributed by atoms with Crippen LogP contribution in [0.5, 0.6) is 0 Å². The first-order valence-electron chi connectivity index (χ1n) is 8.39. The smallest absolute Gasteiger partial charge is 0.236 e. The Morgan fingerprint density at radius 3 is 2.27 bits per heavy atom. The molecule has 0 aliphatic rings. The second-order valence-corrected chi connectivity index (χ2v) is 7.94. The number of hydrogen-bond acceptors (Lipinski definition) is 4. The van der Waals surface area contributed by atoms with Gasteiger partial charge in [-0.3, -0.25) is 0 Å². The van der Waals surface area contributed by atoms with Crippen molar-refractivity contribution in [2.24, 2.45) is 0 Å². The Kier molecular flexibility index (Phi) is 5.44. The van der Waals surface area contributed by atoms with E-state index in [4.69, 9.17) is 0 Å². The molecule has 1 heterocycles. The first kappa shape index (κ1) is 18.2. The molecule has 0 spiro atoms. The quantitative estimate of drug-likeness (QED) is 0.726. The van der Waals surface area contributed by atoms with Gasteiger partial charge < -0.3 is 0 Å². The van der Waals surface area contributed by atoms with Crippen LogP contribution in [-0.4, -0.2) is 24.9 Å². The third kappa shape index (κ3) is 4.33. The summed E-state index contributed by atoms with van der Waals surface area (Å²) < 4.78 is 27.4. The standard InChI is InChI=1S/C20H21N3O2S/c1-15-8-9-19(12-16(15)2)26(24,25)23-11-10-17-13-21-20(22-14-17)18-6-4-3-5-7-18/h3-9,12-14,23H,10-11H2,1-2H3. The highest BCUT2D eigenvalue weighted by Crippen LogP contribution is 2.15. The maximum absolute atomic E-state index is 12.4. The highest BCUT2D eigenvalue weighted by atomic mass is 32.2. The lowest BCUT2D eigenvalue weighted by molar-refractivity contribution is 0.581. The number of aromatic nitrogens is 2. The molecule has 3 rings (SSSR count). The number of nitrogens with one attached hydrogen (secondary N) is 1. The zero-order valence-corrected chi connectivity index (χ0v) is 15.6. The fraction of sp³-hybridized carbons (Fsp3) is 0.200. The third-order valence-corrected chi connectivity index (χ3v) is 5.69. The second kappa shape index (κ2) is 7.76. The molecule has 6 heteroatoms. The summed E-state index contributed by atoms with van der Waals surface area (Å²) in [5.41, 5.74) is 3.86. The van der Waals surface area contributed by atoms with Gasteiger partial charge in [0.15, 0.2) is 5.82 Å². The van der Waals surface area contributed by atoms with Gasteiger partial charge in [0.2, 0.25) is 10.0 Å². The van der Waals surface area contributed by atoms with Crippen LogP contribution in [-0.2, 0) is 16.4 Å². The number of rotatable bonds is 6. The van der Waals surface area contributed by atoms with Crippen LogP contribution in [0.15, 0.2) is 65.8 Å². The molecule has 0 saturated heterocycles. The highest BCUT2D eigenvalue weighted by Gasteiger charge is 2.14. The monoisotopic (exact) mass is 367 g/mol. The van der Waals surface area contributed by atoms with E-state index in [9.17, 15) is 8.42 Å². The first-order valence-corrected chi connectivity index (χ1v) is 9.87. The Labute approximate surface area is 154 Å². The van der Waals surface area contributed by atoms with E-state index in [0.717, 1.165) is 22.3 Å². The van der Waals surface area contributed by atoms with E-state index in [0.29, 0.717) is 18.8 Å². The molecule has 1 aromatic heterocycles. The predicted molar refractivity (Wildman–Crippen MR) is 102 cm³/mol. The first-order chi connectivity index (χ1) is 12.5. The van der Waals surface area contributed by atoms with Crippen molar-refractivity contribution in [2.45, 2.75) is 25.2 Å². The summed E-state index contributed by atoms with van der Waals surface area (Å²) in [5.74, 6) is 0.657. The van der Waals surface area contributed by atoms with Crippen molar-refractivity contribution in [1.29, 1.82) is 0 Å². The maximum atomic E-state index is 12.4. The molecule has 0 radical (unpaired) electrons. The van der Waals surface area contributed by atoms with Crippen LogP contribution in [0, 0.1) is 13.8 Å². The zero-order valence-electron chi connectivity index (χ0n) is 14.8. The van der Waals surface area contributed by atoms with Crippen molar-refractivity contribution in [3.05, 3.63) is 77.6 Å². The second-order valence-electron chi connectivity index (χ2n) is 6.17. The average Bonchev–Trinajstić information content (AvgIpc) is 2.65. The Morgan fingerprint density at radius 2 is 1.62 bits per heavy atom. The number of nitrogens with zero attached hydrogens (tertiary/aromatic N) is 2. The average molecular weight is 367 g/mol. The van der Waals surface area contributed by atoms with Gasteiger partial charge in [-0.2, -0.15) is 0 Å². The van der Waals surface area contributed by atoms with E-state index in [1.807, 2.05) is 50.2 Å². The number of benzene rings is 2. The van der Waals surface area contributed by atoms with Gasteiger partial charge in [0.1, 0.15) is 0 Å². The Morgan fingerprint density at radius 1 is 0.923 bits per heavy atom. The zero-order chi connectivity index (χ0) is 18.6. The fourth-order valence-electron chi connectivity index (χ4n) is 2.51. The van der Waals surface area contributed by atoms with Crippen LogP contribution in [0.2, 0.25) is 0 Å². The molecular weight excluding hydrogens is 346 g/mol. The third-order valence-electron chi connectivity index (χ3n) is 4.23. The summed E-state index contributed by atoms with van der Waals surface area (Å²) in [6, 6.07) is 14.9. The topological polar surface area (TPSA) is 72.0 Å². The normalized spacial score (nSPS) is 11.5.